The van der Waals surface area contributed by atoms with Crippen LogP contribution in [-0.2, 0) is 10.2 Å². The van der Waals surface area contributed by atoms with E-state index < -0.39 is 0 Å². The molecule has 1 fully saturated rings. The van der Waals surface area contributed by atoms with Gasteiger partial charge in [0.1, 0.15) is 18.2 Å². The molecule has 1 aromatic carbocycles. The number of anilines is 3. The van der Waals surface area contributed by atoms with Gasteiger partial charge >= 0.3 is 6.09 Å². The predicted molar refractivity (Wildman–Crippen MR) is 93.6 cm³/mol. The molecule has 128 valence electrons. The Balaban J connectivity index is 1.86. The Morgan fingerprint density at radius 2 is 2.17 bits per heavy atom. The van der Waals surface area contributed by atoms with Crippen molar-refractivity contribution in [2.75, 3.05) is 30.5 Å². The maximum absolute atomic E-state index is 11.8. The maximum atomic E-state index is 11.8. The van der Waals surface area contributed by atoms with E-state index in [1.54, 1.807) is 12.0 Å². The van der Waals surface area contributed by atoms with Gasteiger partial charge < -0.3 is 14.8 Å². The first kappa shape index (κ1) is 16.5. The summed E-state index contributed by atoms with van der Waals surface area (Å²) >= 11 is 1.31. The normalized spacial score (nSPS) is 14.7. The molecule has 1 N–H and O–H groups in total. The fraction of sp³-hybridized carbons (Fsp3) is 0.438. The predicted octanol–water partition coefficient (Wildman–Crippen LogP) is 3.54. The lowest BCUT2D eigenvalue weighted by molar-refractivity contribution is 0.181. The van der Waals surface area contributed by atoms with Crippen LogP contribution in [0.4, 0.5) is 21.3 Å². The fourth-order valence-electron chi connectivity index (χ4n) is 2.29. The molecule has 1 aliphatic heterocycles. The SMILES string of the molecule is COc1ccc(Nc2nc(C(C)(C)C)ns2)cc1N1CCOC1=O. The van der Waals surface area contributed by atoms with E-state index >= 15 is 0 Å². The van der Waals surface area contributed by atoms with Crippen LogP contribution in [-0.4, -0.2) is 35.7 Å². The first-order valence-electron chi connectivity index (χ1n) is 7.62. The summed E-state index contributed by atoms with van der Waals surface area (Å²) in [6, 6.07) is 5.54. The molecule has 1 aliphatic rings. The number of cyclic esters (lactones) is 1. The van der Waals surface area contributed by atoms with Gasteiger partial charge in [-0.2, -0.15) is 4.37 Å². The quantitative estimate of drug-likeness (QED) is 0.911. The van der Waals surface area contributed by atoms with Gasteiger partial charge in [-0.15, -0.1) is 0 Å². The minimum absolute atomic E-state index is 0.0964. The zero-order valence-corrected chi connectivity index (χ0v) is 14.9. The zero-order valence-electron chi connectivity index (χ0n) is 14.1. The van der Waals surface area contributed by atoms with Gasteiger partial charge in [0.05, 0.1) is 19.3 Å². The summed E-state index contributed by atoms with van der Waals surface area (Å²) in [6.45, 7) is 7.10. The number of nitrogens with zero attached hydrogens (tertiary/aromatic N) is 3. The summed E-state index contributed by atoms with van der Waals surface area (Å²) in [5.74, 6) is 1.42. The summed E-state index contributed by atoms with van der Waals surface area (Å²) in [4.78, 5) is 17.9. The van der Waals surface area contributed by atoms with E-state index in [-0.39, 0.29) is 11.5 Å². The number of ether oxygens (including phenoxy) is 2. The van der Waals surface area contributed by atoms with Crippen molar-refractivity contribution in [2.24, 2.45) is 0 Å². The van der Waals surface area contributed by atoms with E-state index in [2.05, 4.69) is 35.4 Å². The Morgan fingerprint density at radius 1 is 1.38 bits per heavy atom. The van der Waals surface area contributed by atoms with Crippen LogP contribution in [0.1, 0.15) is 26.6 Å². The lowest BCUT2D eigenvalue weighted by Gasteiger charge is -2.17. The number of nitrogens with one attached hydrogen (secondary N) is 1. The van der Waals surface area contributed by atoms with Crippen molar-refractivity contribution in [2.45, 2.75) is 26.2 Å². The van der Waals surface area contributed by atoms with E-state index in [4.69, 9.17) is 9.47 Å². The van der Waals surface area contributed by atoms with E-state index in [1.807, 2.05) is 18.2 Å². The standard InChI is InChI=1S/C16H20N4O3S/c1-16(2,3)13-18-14(24-19-13)17-10-5-6-12(22-4)11(9-10)20-7-8-23-15(20)21/h5-6,9H,7-8H2,1-4H3,(H,17,18,19). The van der Waals surface area contributed by atoms with Gasteiger partial charge in [0.25, 0.3) is 0 Å². The zero-order chi connectivity index (χ0) is 17.3. The molecule has 2 aromatic rings. The average Bonchev–Trinajstić information content (AvgIpc) is 3.16. The second-order valence-electron chi connectivity index (χ2n) is 6.45. The molecule has 0 saturated carbocycles. The number of amides is 1. The van der Waals surface area contributed by atoms with Gasteiger partial charge in [0.2, 0.25) is 5.13 Å². The third-order valence-corrected chi connectivity index (χ3v) is 4.21. The largest absolute Gasteiger partial charge is 0.495 e. The molecule has 1 saturated heterocycles. The summed E-state index contributed by atoms with van der Waals surface area (Å²) in [6.07, 6.45) is -0.364. The molecule has 0 bridgehead atoms. The number of benzene rings is 1. The van der Waals surface area contributed by atoms with Gasteiger partial charge in [-0.1, -0.05) is 20.8 Å². The number of hydrogen-bond acceptors (Lipinski definition) is 7. The van der Waals surface area contributed by atoms with Crippen molar-refractivity contribution in [3.05, 3.63) is 24.0 Å². The topological polar surface area (TPSA) is 76.6 Å². The highest BCUT2D eigenvalue weighted by atomic mass is 32.1. The second-order valence-corrected chi connectivity index (χ2v) is 7.20. The first-order chi connectivity index (χ1) is 11.4. The Bertz CT molecular complexity index is 754. The number of rotatable bonds is 4. The highest BCUT2D eigenvalue weighted by Gasteiger charge is 2.26. The monoisotopic (exact) mass is 348 g/mol. The Hall–Kier alpha value is -2.35. The van der Waals surface area contributed by atoms with Crippen LogP contribution in [0.5, 0.6) is 5.75 Å². The summed E-state index contributed by atoms with van der Waals surface area (Å²) in [5, 5.41) is 3.95. The molecule has 2 heterocycles. The maximum Gasteiger partial charge on any atom is 0.414 e. The van der Waals surface area contributed by atoms with E-state index in [0.29, 0.717) is 29.7 Å². The molecule has 1 aromatic heterocycles. The third kappa shape index (κ3) is 3.28. The number of carbonyl (C=O) groups excluding carboxylic acids is 1. The fourth-order valence-corrected chi connectivity index (χ4v) is 3.07. The van der Waals surface area contributed by atoms with Gasteiger partial charge in [0, 0.05) is 22.6 Å². The van der Waals surface area contributed by atoms with Gasteiger partial charge in [-0.3, -0.25) is 4.90 Å². The first-order valence-corrected chi connectivity index (χ1v) is 8.39. The molecule has 0 aliphatic carbocycles. The highest BCUT2D eigenvalue weighted by Crippen LogP contribution is 2.34. The van der Waals surface area contributed by atoms with E-state index in [9.17, 15) is 4.79 Å². The minimum Gasteiger partial charge on any atom is -0.495 e. The number of methoxy groups -OCH3 is 1. The van der Waals surface area contributed by atoms with Gasteiger partial charge in [-0.05, 0) is 18.2 Å². The van der Waals surface area contributed by atoms with Crippen molar-refractivity contribution >= 4 is 34.1 Å². The number of aromatic nitrogens is 2. The second kappa shape index (κ2) is 6.27. The number of carbonyl (C=O) groups is 1. The average molecular weight is 348 g/mol. The summed E-state index contributed by atoms with van der Waals surface area (Å²) in [7, 11) is 1.58. The highest BCUT2D eigenvalue weighted by molar-refractivity contribution is 7.09. The third-order valence-electron chi connectivity index (χ3n) is 3.58. The van der Waals surface area contributed by atoms with Gasteiger partial charge in [-0.25, -0.2) is 9.78 Å². The molecule has 1 amide bonds. The van der Waals surface area contributed by atoms with Crippen LogP contribution >= 0.6 is 11.5 Å². The lowest BCUT2D eigenvalue weighted by Crippen LogP contribution is -2.23. The molecule has 0 spiro atoms. The van der Waals surface area contributed by atoms with Crippen LogP contribution < -0.4 is 15.0 Å². The molecule has 7 nitrogen and oxygen atoms in total. The van der Waals surface area contributed by atoms with Crippen molar-refractivity contribution in [3.8, 4) is 5.75 Å². The molecule has 0 unspecified atom stereocenters. The van der Waals surface area contributed by atoms with Crippen molar-refractivity contribution in [1.82, 2.24) is 9.36 Å². The van der Waals surface area contributed by atoms with E-state index in [1.165, 1.54) is 11.5 Å². The van der Waals surface area contributed by atoms with Crippen LogP contribution in [0, 0.1) is 0 Å². The Kier molecular flexibility index (Phi) is 4.31. The lowest BCUT2D eigenvalue weighted by atomic mass is 9.96. The molecule has 3 rings (SSSR count). The Morgan fingerprint density at radius 3 is 2.75 bits per heavy atom. The van der Waals surface area contributed by atoms with Crippen molar-refractivity contribution in [1.29, 1.82) is 0 Å². The van der Waals surface area contributed by atoms with Crippen molar-refractivity contribution in [3.63, 3.8) is 0 Å². The minimum atomic E-state index is -0.364. The molecule has 0 atom stereocenters. The molecule has 0 radical (unpaired) electrons. The van der Waals surface area contributed by atoms with Crippen LogP contribution in [0.25, 0.3) is 0 Å². The smallest absolute Gasteiger partial charge is 0.414 e. The molecular weight excluding hydrogens is 328 g/mol. The van der Waals surface area contributed by atoms with Crippen LogP contribution in [0.15, 0.2) is 18.2 Å². The molecule has 8 heteroatoms. The summed E-state index contributed by atoms with van der Waals surface area (Å²) in [5.41, 5.74) is 1.38. The van der Waals surface area contributed by atoms with Gasteiger partial charge in [0.15, 0.2) is 0 Å². The van der Waals surface area contributed by atoms with Crippen molar-refractivity contribution < 1.29 is 14.3 Å². The number of hydrogen-bond donors (Lipinski definition) is 1. The van der Waals surface area contributed by atoms with E-state index in [0.717, 1.165) is 11.5 Å². The molecule has 24 heavy (non-hydrogen) atoms. The van der Waals surface area contributed by atoms with Crippen LogP contribution in [0.3, 0.4) is 0 Å². The van der Waals surface area contributed by atoms with Crippen LogP contribution in [0.2, 0.25) is 0 Å². The Labute approximate surface area is 144 Å². The molecular formula is C16H20N4O3S. The summed E-state index contributed by atoms with van der Waals surface area (Å²) < 4.78 is 14.8.